The second-order valence-corrected chi connectivity index (χ2v) is 5.61. The first-order valence-corrected chi connectivity index (χ1v) is 7.01. The van der Waals surface area contributed by atoms with Gasteiger partial charge in [0.25, 0.3) is 0 Å². The molecule has 16 heavy (non-hydrogen) atoms. The molecule has 0 heterocycles. The zero-order valence-electron chi connectivity index (χ0n) is 9.66. The SMILES string of the molecule is CCCCS(=O)(=O)C#Cc1ccc(C)cc1. The third-order valence-electron chi connectivity index (χ3n) is 2.17. The average molecular weight is 236 g/mol. The summed E-state index contributed by atoms with van der Waals surface area (Å²) < 4.78 is 22.9. The van der Waals surface area contributed by atoms with Crippen LogP contribution in [0.1, 0.15) is 30.9 Å². The minimum atomic E-state index is -3.21. The summed E-state index contributed by atoms with van der Waals surface area (Å²) in [6, 6.07) is 7.50. The Kier molecular flexibility index (Phi) is 4.57. The standard InChI is InChI=1S/C13H16O2S/c1-3-4-10-16(14,15)11-9-13-7-5-12(2)6-8-13/h5-8H,3-4,10H2,1-2H3. The Hall–Kier alpha value is -1.27. The second kappa shape index (κ2) is 5.72. The van der Waals surface area contributed by atoms with E-state index in [1.807, 2.05) is 38.1 Å². The van der Waals surface area contributed by atoms with Crippen molar-refractivity contribution in [2.45, 2.75) is 26.7 Å². The predicted molar refractivity (Wildman–Crippen MR) is 66.8 cm³/mol. The van der Waals surface area contributed by atoms with Crippen LogP contribution in [-0.4, -0.2) is 14.2 Å². The van der Waals surface area contributed by atoms with Crippen LogP contribution in [0, 0.1) is 18.1 Å². The lowest BCUT2D eigenvalue weighted by molar-refractivity contribution is 0.603. The van der Waals surface area contributed by atoms with Crippen molar-refractivity contribution in [3.63, 3.8) is 0 Å². The lowest BCUT2D eigenvalue weighted by Crippen LogP contribution is -2.01. The number of benzene rings is 1. The summed E-state index contributed by atoms with van der Waals surface area (Å²) in [4.78, 5) is 0. The molecule has 0 aliphatic carbocycles. The van der Waals surface area contributed by atoms with Gasteiger partial charge in [0.2, 0.25) is 9.84 Å². The molecule has 0 aliphatic heterocycles. The molecular weight excluding hydrogens is 220 g/mol. The molecular formula is C13H16O2S. The summed E-state index contributed by atoms with van der Waals surface area (Å²) >= 11 is 0. The molecule has 0 aliphatic rings. The first kappa shape index (κ1) is 12.8. The number of unbranched alkanes of at least 4 members (excludes halogenated alkanes) is 1. The van der Waals surface area contributed by atoms with Gasteiger partial charge >= 0.3 is 0 Å². The Morgan fingerprint density at radius 2 is 1.81 bits per heavy atom. The number of hydrogen-bond acceptors (Lipinski definition) is 2. The van der Waals surface area contributed by atoms with Crippen LogP contribution in [0.25, 0.3) is 0 Å². The Morgan fingerprint density at radius 3 is 2.38 bits per heavy atom. The van der Waals surface area contributed by atoms with Crippen molar-refractivity contribution in [2.24, 2.45) is 0 Å². The smallest absolute Gasteiger partial charge is 0.215 e. The van der Waals surface area contributed by atoms with Gasteiger partial charge in [-0.3, -0.25) is 0 Å². The van der Waals surface area contributed by atoms with Gasteiger partial charge in [-0.25, -0.2) is 8.42 Å². The summed E-state index contributed by atoms with van der Waals surface area (Å²) in [7, 11) is -3.21. The van der Waals surface area contributed by atoms with Crippen molar-refractivity contribution in [3.8, 4) is 11.2 Å². The molecule has 2 nitrogen and oxygen atoms in total. The van der Waals surface area contributed by atoms with Crippen molar-refractivity contribution in [3.05, 3.63) is 35.4 Å². The van der Waals surface area contributed by atoms with Crippen LogP contribution in [0.4, 0.5) is 0 Å². The molecule has 0 unspecified atom stereocenters. The third kappa shape index (κ3) is 4.50. The molecule has 0 amide bonds. The van der Waals surface area contributed by atoms with E-state index in [0.717, 1.165) is 17.5 Å². The zero-order valence-corrected chi connectivity index (χ0v) is 10.5. The average Bonchev–Trinajstić information content (AvgIpc) is 2.26. The number of sulfone groups is 1. The molecule has 0 bridgehead atoms. The molecule has 0 fully saturated rings. The van der Waals surface area contributed by atoms with Crippen molar-refractivity contribution in [1.29, 1.82) is 0 Å². The molecule has 0 saturated heterocycles. The van der Waals surface area contributed by atoms with Crippen LogP contribution in [0.2, 0.25) is 0 Å². The van der Waals surface area contributed by atoms with Crippen molar-refractivity contribution in [1.82, 2.24) is 0 Å². The number of hydrogen-bond donors (Lipinski definition) is 0. The van der Waals surface area contributed by atoms with Crippen molar-refractivity contribution < 1.29 is 8.42 Å². The van der Waals surface area contributed by atoms with E-state index in [1.165, 1.54) is 0 Å². The molecule has 1 aromatic carbocycles. The minimum absolute atomic E-state index is 0.155. The van der Waals surface area contributed by atoms with Gasteiger partial charge in [0.05, 0.1) is 5.75 Å². The van der Waals surface area contributed by atoms with E-state index in [1.54, 1.807) is 0 Å². The maximum Gasteiger partial charge on any atom is 0.217 e. The fourth-order valence-electron chi connectivity index (χ4n) is 1.16. The van der Waals surface area contributed by atoms with E-state index in [2.05, 4.69) is 11.2 Å². The van der Waals surface area contributed by atoms with E-state index in [9.17, 15) is 8.42 Å². The monoisotopic (exact) mass is 236 g/mol. The van der Waals surface area contributed by atoms with Crippen molar-refractivity contribution >= 4 is 9.84 Å². The maximum absolute atomic E-state index is 11.5. The van der Waals surface area contributed by atoms with Crippen molar-refractivity contribution in [2.75, 3.05) is 5.75 Å². The van der Waals surface area contributed by atoms with E-state index in [4.69, 9.17) is 0 Å². The quantitative estimate of drug-likeness (QED) is 0.756. The van der Waals surface area contributed by atoms with E-state index in [0.29, 0.717) is 6.42 Å². The molecule has 1 rings (SSSR count). The first-order valence-electron chi connectivity index (χ1n) is 5.35. The van der Waals surface area contributed by atoms with Crippen LogP contribution >= 0.6 is 0 Å². The largest absolute Gasteiger partial charge is 0.217 e. The third-order valence-corrected chi connectivity index (χ3v) is 3.41. The molecule has 3 heteroatoms. The lowest BCUT2D eigenvalue weighted by Gasteiger charge is -1.94. The molecule has 86 valence electrons. The van der Waals surface area contributed by atoms with Crippen LogP contribution in [0.3, 0.4) is 0 Å². The molecule has 1 aromatic rings. The minimum Gasteiger partial charge on any atom is -0.215 e. The Labute approximate surface area is 97.6 Å². The molecule has 0 aromatic heterocycles. The van der Waals surface area contributed by atoms with Gasteiger partial charge in [-0.2, -0.15) is 0 Å². The summed E-state index contributed by atoms with van der Waals surface area (Å²) in [6.45, 7) is 3.94. The fraction of sp³-hybridized carbons (Fsp3) is 0.385. The van der Waals surface area contributed by atoms with Gasteiger partial charge < -0.3 is 0 Å². The van der Waals surface area contributed by atoms with E-state index < -0.39 is 9.84 Å². The highest BCUT2D eigenvalue weighted by molar-refractivity contribution is 7.96. The van der Waals surface area contributed by atoms with Gasteiger partial charge in [0, 0.05) is 10.8 Å². The van der Waals surface area contributed by atoms with Gasteiger partial charge in [-0.15, -0.1) is 0 Å². The molecule has 0 N–H and O–H groups in total. The first-order chi connectivity index (χ1) is 7.53. The fourth-order valence-corrected chi connectivity index (χ4v) is 2.20. The predicted octanol–water partition coefficient (Wildman–Crippen LogP) is 2.52. The number of aryl methyl sites for hydroxylation is 1. The molecule has 0 saturated carbocycles. The highest BCUT2D eigenvalue weighted by Crippen LogP contribution is 2.02. The topological polar surface area (TPSA) is 34.1 Å². The van der Waals surface area contributed by atoms with Crippen LogP contribution < -0.4 is 0 Å². The van der Waals surface area contributed by atoms with Crippen LogP contribution in [0.5, 0.6) is 0 Å². The summed E-state index contributed by atoms with van der Waals surface area (Å²) in [5.41, 5.74) is 1.88. The normalized spacial score (nSPS) is 10.6. The van der Waals surface area contributed by atoms with Gasteiger partial charge in [-0.1, -0.05) is 37.0 Å². The van der Waals surface area contributed by atoms with Gasteiger partial charge in [0.1, 0.15) is 0 Å². The number of rotatable bonds is 3. The Bertz CT molecular complexity index is 487. The van der Waals surface area contributed by atoms with E-state index >= 15 is 0 Å². The summed E-state index contributed by atoms with van der Waals surface area (Å²) in [5, 5.41) is 2.35. The van der Waals surface area contributed by atoms with Crippen LogP contribution in [0.15, 0.2) is 24.3 Å². The zero-order chi connectivity index (χ0) is 12.0. The molecule has 0 atom stereocenters. The second-order valence-electron chi connectivity index (χ2n) is 3.77. The van der Waals surface area contributed by atoms with Gasteiger partial charge in [-0.05, 0) is 25.5 Å². The summed E-state index contributed by atoms with van der Waals surface area (Å²) in [6.07, 6.45) is 1.54. The lowest BCUT2D eigenvalue weighted by atomic mass is 10.2. The maximum atomic E-state index is 11.5. The Balaban J connectivity index is 2.77. The molecule has 0 spiro atoms. The molecule has 0 radical (unpaired) electrons. The highest BCUT2D eigenvalue weighted by atomic mass is 32.2. The van der Waals surface area contributed by atoms with Gasteiger partial charge in [0.15, 0.2) is 0 Å². The van der Waals surface area contributed by atoms with E-state index in [-0.39, 0.29) is 5.75 Å². The Morgan fingerprint density at radius 1 is 1.19 bits per heavy atom. The summed E-state index contributed by atoms with van der Waals surface area (Å²) in [5.74, 6) is 2.84. The van der Waals surface area contributed by atoms with Crippen LogP contribution in [-0.2, 0) is 9.84 Å². The highest BCUT2D eigenvalue weighted by Gasteiger charge is 2.04.